The van der Waals surface area contributed by atoms with Crippen LogP contribution in [0.1, 0.15) is 65.5 Å². The number of benzene rings is 3. The van der Waals surface area contributed by atoms with Crippen molar-refractivity contribution in [1.82, 2.24) is 19.3 Å². The minimum absolute atomic E-state index is 0.0270. The summed E-state index contributed by atoms with van der Waals surface area (Å²) in [5, 5.41) is 19.3. The second-order valence-electron chi connectivity index (χ2n) is 11.0. The number of aromatic nitrogens is 3. The minimum atomic E-state index is -4.77. The lowest BCUT2D eigenvalue weighted by atomic mass is 9.84. The molecule has 4 aromatic rings. The molecule has 1 unspecified atom stereocenters. The third-order valence-electron chi connectivity index (χ3n) is 7.79. The number of unbranched alkanes of at least 4 members (excludes halogenated alkanes) is 1. The molecule has 1 N–H and O–H groups in total. The van der Waals surface area contributed by atoms with Gasteiger partial charge in [0.2, 0.25) is 0 Å². The largest absolute Gasteiger partial charge is 0.508 e. The summed E-state index contributed by atoms with van der Waals surface area (Å²) in [5.74, 6) is -1.57. The van der Waals surface area contributed by atoms with Crippen LogP contribution in [-0.4, -0.2) is 50.7 Å². The second kappa shape index (κ2) is 13.6. The number of hydrogen-bond acceptors (Lipinski definition) is 8. The quantitative estimate of drug-likeness (QED) is 0.108. The van der Waals surface area contributed by atoms with Crippen LogP contribution in [0.2, 0.25) is 0 Å². The van der Waals surface area contributed by atoms with E-state index in [0.717, 1.165) is 40.1 Å². The highest BCUT2D eigenvalue weighted by molar-refractivity contribution is 9.09. The maximum Gasteiger partial charge on any atom is 0.416 e. The van der Waals surface area contributed by atoms with Crippen LogP contribution in [0.15, 0.2) is 48.5 Å². The summed E-state index contributed by atoms with van der Waals surface area (Å²) in [4.78, 5) is 12.8. The molecule has 2 heterocycles. The Balaban J connectivity index is 1.58. The van der Waals surface area contributed by atoms with Crippen LogP contribution in [0.4, 0.5) is 13.2 Å². The van der Waals surface area contributed by atoms with Gasteiger partial charge in [0.1, 0.15) is 17.0 Å². The van der Waals surface area contributed by atoms with Crippen LogP contribution in [0.25, 0.3) is 11.0 Å². The number of nitrogens with zero attached hydrogens (tertiary/aromatic N) is 4. The molecule has 3 aromatic carbocycles. The van der Waals surface area contributed by atoms with Gasteiger partial charge in [-0.1, -0.05) is 33.3 Å². The molecular formula is C31H32BrF3N4O6S. The molecule has 0 bridgehead atoms. The standard InChI is InChI=1S/C31H32BrF3N4O6S/c1-3-44-29(41)16-26(25-7-8-27-30(19(25)2)36-37-39(27)11-5-4-10-32)21-12-20(13-23(14-21)31(33,34)35)17-38-18-22-15-24(40)6-9-28(22)45-46(38,42)43/h6-9,12-15,26,40H,3-5,10-11,16-18H2,1-2H3. The van der Waals surface area contributed by atoms with Crippen molar-refractivity contribution in [3.63, 3.8) is 0 Å². The Morgan fingerprint density at radius 2 is 1.93 bits per heavy atom. The van der Waals surface area contributed by atoms with Crippen LogP contribution in [0.5, 0.6) is 11.5 Å². The molecule has 0 saturated carbocycles. The number of aryl methyl sites for hydroxylation is 2. The van der Waals surface area contributed by atoms with Crippen molar-refractivity contribution in [2.75, 3.05) is 11.9 Å². The zero-order valence-corrected chi connectivity index (χ0v) is 27.5. The molecule has 0 saturated heterocycles. The molecule has 1 aromatic heterocycles. The fourth-order valence-corrected chi connectivity index (χ4v) is 7.09. The number of ether oxygens (including phenoxy) is 1. The summed E-state index contributed by atoms with van der Waals surface area (Å²) >= 11 is 3.42. The predicted molar refractivity (Wildman–Crippen MR) is 167 cm³/mol. The van der Waals surface area contributed by atoms with Gasteiger partial charge in [-0.05, 0) is 85.3 Å². The van der Waals surface area contributed by atoms with E-state index in [2.05, 4.69) is 26.2 Å². The fourth-order valence-electron chi connectivity index (χ4n) is 5.59. The molecule has 46 heavy (non-hydrogen) atoms. The number of hydrogen-bond donors (Lipinski definition) is 1. The molecule has 10 nitrogen and oxygen atoms in total. The number of esters is 1. The lowest BCUT2D eigenvalue weighted by Crippen LogP contribution is -2.37. The third kappa shape index (κ3) is 7.31. The van der Waals surface area contributed by atoms with Crippen molar-refractivity contribution in [2.24, 2.45) is 0 Å². The van der Waals surface area contributed by atoms with Crippen LogP contribution in [0, 0.1) is 6.92 Å². The van der Waals surface area contributed by atoms with E-state index in [9.17, 15) is 31.5 Å². The average molecular weight is 726 g/mol. The lowest BCUT2D eigenvalue weighted by molar-refractivity contribution is -0.143. The highest BCUT2D eigenvalue weighted by Crippen LogP contribution is 2.39. The van der Waals surface area contributed by atoms with Gasteiger partial charge in [-0.2, -0.15) is 25.9 Å². The van der Waals surface area contributed by atoms with Gasteiger partial charge in [0.05, 0.1) is 24.1 Å². The van der Waals surface area contributed by atoms with Crippen LogP contribution in [-0.2, 0) is 45.6 Å². The van der Waals surface area contributed by atoms with E-state index in [-0.39, 0.29) is 42.2 Å². The summed E-state index contributed by atoms with van der Waals surface area (Å²) < 4.78 is 81.8. The van der Waals surface area contributed by atoms with Crippen molar-refractivity contribution in [3.05, 3.63) is 81.9 Å². The number of halogens is 4. The number of phenols is 1. The normalized spacial score (nSPS) is 15.3. The molecule has 1 atom stereocenters. The number of alkyl halides is 4. The number of carbonyl (C=O) groups excluding carboxylic acids is 1. The first-order chi connectivity index (χ1) is 21.8. The van der Waals surface area contributed by atoms with Crippen molar-refractivity contribution >= 4 is 43.2 Å². The Hall–Kier alpha value is -3.69. The van der Waals surface area contributed by atoms with E-state index < -0.39 is 40.5 Å². The maximum atomic E-state index is 14.3. The van der Waals surface area contributed by atoms with Crippen molar-refractivity contribution < 1.29 is 40.4 Å². The van der Waals surface area contributed by atoms with Crippen molar-refractivity contribution in [3.8, 4) is 11.5 Å². The zero-order chi connectivity index (χ0) is 33.2. The highest BCUT2D eigenvalue weighted by Gasteiger charge is 2.35. The first-order valence-corrected chi connectivity index (χ1v) is 17.1. The van der Waals surface area contributed by atoms with Gasteiger partial charge in [-0.15, -0.1) is 5.10 Å². The second-order valence-corrected chi connectivity index (χ2v) is 13.3. The molecule has 0 amide bonds. The highest BCUT2D eigenvalue weighted by atomic mass is 79.9. The van der Waals surface area contributed by atoms with Crippen molar-refractivity contribution in [2.45, 2.75) is 64.8 Å². The van der Waals surface area contributed by atoms with Crippen LogP contribution < -0.4 is 4.18 Å². The van der Waals surface area contributed by atoms with Gasteiger partial charge < -0.3 is 14.0 Å². The minimum Gasteiger partial charge on any atom is -0.508 e. The Bertz CT molecular complexity index is 1870. The van der Waals surface area contributed by atoms with E-state index in [1.807, 2.05) is 0 Å². The van der Waals surface area contributed by atoms with E-state index in [0.29, 0.717) is 28.8 Å². The summed E-state index contributed by atoms with van der Waals surface area (Å²) in [6.45, 7) is 3.46. The average Bonchev–Trinajstić information content (AvgIpc) is 3.40. The van der Waals surface area contributed by atoms with Gasteiger partial charge >= 0.3 is 22.4 Å². The van der Waals surface area contributed by atoms with Gasteiger partial charge in [0, 0.05) is 36.4 Å². The Kier molecular flexibility index (Phi) is 9.94. The molecule has 15 heteroatoms. The first-order valence-electron chi connectivity index (χ1n) is 14.6. The number of rotatable bonds is 11. The van der Waals surface area contributed by atoms with E-state index in [1.54, 1.807) is 30.7 Å². The monoisotopic (exact) mass is 724 g/mol. The predicted octanol–water partition coefficient (Wildman–Crippen LogP) is 6.36. The molecule has 0 spiro atoms. The van der Waals surface area contributed by atoms with E-state index in [4.69, 9.17) is 8.92 Å². The van der Waals surface area contributed by atoms with Gasteiger partial charge in [0.25, 0.3) is 0 Å². The van der Waals surface area contributed by atoms with Gasteiger partial charge in [-0.25, -0.2) is 4.68 Å². The summed E-state index contributed by atoms with van der Waals surface area (Å²) in [7, 11) is -4.37. The topological polar surface area (TPSA) is 124 Å². The number of carbonyl (C=O) groups is 1. The zero-order valence-electron chi connectivity index (χ0n) is 25.1. The Morgan fingerprint density at radius 3 is 2.65 bits per heavy atom. The summed E-state index contributed by atoms with van der Waals surface area (Å²) in [5.41, 5.74) is 2.08. The fraction of sp³-hybridized carbons (Fsp3) is 0.387. The molecule has 5 rings (SSSR count). The molecule has 0 aliphatic carbocycles. The Morgan fingerprint density at radius 1 is 1.15 bits per heavy atom. The number of aromatic hydroxyl groups is 1. The molecule has 246 valence electrons. The van der Waals surface area contributed by atoms with E-state index in [1.165, 1.54) is 24.3 Å². The van der Waals surface area contributed by atoms with Gasteiger partial charge in [0.15, 0.2) is 0 Å². The molecule has 0 radical (unpaired) electrons. The number of phenolic OH excluding ortho intramolecular Hbond substituents is 1. The smallest absolute Gasteiger partial charge is 0.416 e. The molecule has 1 aliphatic rings. The molecular weight excluding hydrogens is 693 g/mol. The third-order valence-corrected chi connectivity index (χ3v) is 9.63. The first kappa shape index (κ1) is 33.7. The van der Waals surface area contributed by atoms with Crippen LogP contribution >= 0.6 is 15.9 Å². The SMILES string of the molecule is CCOC(=O)CC(c1cc(CN2Cc3cc(O)ccc3OS2(=O)=O)cc(C(F)(F)F)c1)c1ccc2c(nnn2CCCCBr)c1C. The molecule has 1 aliphatic heterocycles. The van der Waals surface area contributed by atoms with Crippen LogP contribution in [0.3, 0.4) is 0 Å². The van der Waals surface area contributed by atoms with E-state index >= 15 is 0 Å². The lowest BCUT2D eigenvalue weighted by Gasteiger charge is -2.28. The Labute approximate surface area is 272 Å². The number of fused-ring (bicyclic) bond motifs is 2. The molecule has 0 fully saturated rings. The van der Waals surface area contributed by atoms with Gasteiger partial charge in [-0.3, -0.25) is 4.79 Å². The maximum absolute atomic E-state index is 14.3. The summed E-state index contributed by atoms with van der Waals surface area (Å²) in [6, 6.07) is 10.8. The van der Waals surface area contributed by atoms with Crippen molar-refractivity contribution in [1.29, 1.82) is 0 Å². The summed E-state index contributed by atoms with van der Waals surface area (Å²) in [6.07, 6.45) is -3.23.